The largest absolute Gasteiger partial charge is 0.453 e. The SMILES string of the molecule is Cc1nc([N+](=O)[O-])ccc1Oc1ccnc(NC(=O)N2CCNCC2C)c1. The van der Waals surface area contributed by atoms with Crippen LogP contribution < -0.4 is 15.4 Å². The molecular weight excluding hydrogens is 352 g/mol. The van der Waals surface area contributed by atoms with Crippen molar-refractivity contribution in [2.75, 3.05) is 25.0 Å². The molecule has 1 aliphatic heterocycles. The van der Waals surface area contributed by atoms with Gasteiger partial charge in [-0.2, -0.15) is 0 Å². The number of pyridine rings is 2. The van der Waals surface area contributed by atoms with Crippen LogP contribution in [0.3, 0.4) is 0 Å². The van der Waals surface area contributed by atoms with E-state index in [4.69, 9.17) is 4.74 Å². The molecule has 2 N–H and O–H groups in total. The van der Waals surface area contributed by atoms with Gasteiger partial charge in [0.25, 0.3) is 0 Å². The van der Waals surface area contributed by atoms with E-state index in [0.717, 1.165) is 13.1 Å². The van der Waals surface area contributed by atoms with Crippen molar-refractivity contribution in [1.29, 1.82) is 0 Å². The Labute approximate surface area is 155 Å². The molecule has 0 spiro atoms. The number of hydrogen-bond acceptors (Lipinski definition) is 7. The Balaban J connectivity index is 1.70. The Morgan fingerprint density at radius 2 is 2.26 bits per heavy atom. The van der Waals surface area contributed by atoms with Gasteiger partial charge < -0.3 is 25.1 Å². The zero-order chi connectivity index (χ0) is 19.4. The molecule has 2 aromatic heterocycles. The van der Waals surface area contributed by atoms with Crippen LogP contribution in [-0.4, -0.2) is 51.5 Å². The second-order valence-electron chi connectivity index (χ2n) is 6.17. The summed E-state index contributed by atoms with van der Waals surface area (Å²) in [6.45, 7) is 5.72. The molecule has 1 atom stereocenters. The summed E-state index contributed by atoms with van der Waals surface area (Å²) in [5, 5.41) is 16.8. The molecule has 1 fully saturated rings. The van der Waals surface area contributed by atoms with E-state index >= 15 is 0 Å². The van der Waals surface area contributed by atoms with Crippen molar-refractivity contribution in [2.24, 2.45) is 0 Å². The van der Waals surface area contributed by atoms with Crippen molar-refractivity contribution in [3.05, 3.63) is 46.3 Å². The number of nitro groups is 1. The summed E-state index contributed by atoms with van der Waals surface area (Å²) in [7, 11) is 0. The van der Waals surface area contributed by atoms with Gasteiger partial charge in [0.2, 0.25) is 0 Å². The Hall–Kier alpha value is -3.27. The minimum atomic E-state index is -0.562. The fourth-order valence-electron chi connectivity index (χ4n) is 2.74. The third-order valence-corrected chi connectivity index (χ3v) is 4.17. The van der Waals surface area contributed by atoms with Crippen molar-refractivity contribution >= 4 is 17.7 Å². The number of carbonyl (C=O) groups excluding carboxylic acids is 1. The van der Waals surface area contributed by atoms with Crippen molar-refractivity contribution in [2.45, 2.75) is 19.9 Å². The van der Waals surface area contributed by atoms with E-state index in [-0.39, 0.29) is 17.9 Å². The van der Waals surface area contributed by atoms with Gasteiger partial charge in [-0.25, -0.2) is 9.78 Å². The summed E-state index contributed by atoms with van der Waals surface area (Å²) in [6.07, 6.45) is 1.51. The number of piperazine rings is 1. The van der Waals surface area contributed by atoms with Crippen LogP contribution in [0.1, 0.15) is 12.6 Å². The third kappa shape index (κ3) is 4.47. The minimum absolute atomic E-state index is 0.0898. The molecule has 0 aliphatic carbocycles. The van der Waals surface area contributed by atoms with Gasteiger partial charge in [-0.15, -0.1) is 0 Å². The van der Waals surface area contributed by atoms with E-state index in [2.05, 4.69) is 20.6 Å². The Morgan fingerprint density at radius 3 is 2.96 bits per heavy atom. The van der Waals surface area contributed by atoms with Gasteiger partial charge in [0.1, 0.15) is 11.6 Å². The van der Waals surface area contributed by atoms with Gasteiger partial charge in [-0.3, -0.25) is 5.32 Å². The van der Waals surface area contributed by atoms with Crippen LogP contribution in [-0.2, 0) is 0 Å². The molecular formula is C17H20N6O4. The lowest BCUT2D eigenvalue weighted by Crippen LogP contribution is -2.53. The number of nitrogens with one attached hydrogen (secondary N) is 2. The van der Waals surface area contributed by atoms with Crippen molar-refractivity contribution in [3.63, 3.8) is 0 Å². The van der Waals surface area contributed by atoms with Gasteiger partial charge in [-0.1, -0.05) is 0 Å². The maximum Gasteiger partial charge on any atom is 0.363 e. The standard InChI is InChI=1S/C17H20N6O4/c1-11-10-18-7-8-22(11)17(24)21-15-9-13(5-6-19-15)27-14-3-4-16(23(25)26)20-12(14)2/h3-6,9,11,18H,7-8,10H2,1-2H3,(H,19,21,24). The topological polar surface area (TPSA) is 123 Å². The lowest BCUT2D eigenvalue weighted by molar-refractivity contribution is -0.389. The second-order valence-corrected chi connectivity index (χ2v) is 6.17. The molecule has 2 amide bonds. The first kappa shape index (κ1) is 18.5. The maximum atomic E-state index is 12.4. The zero-order valence-electron chi connectivity index (χ0n) is 15.0. The van der Waals surface area contributed by atoms with Crippen molar-refractivity contribution in [3.8, 4) is 11.5 Å². The number of carbonyl (C=O) groups is 1. The number of ether oxygens (including phenoxy) is 1. The number of anilines is 1. The summed E-state index contributed by atoms with van der Waals surface area (Å²) >= 11 is 0. The van der Waals surface area contributed by atoms with Crippen LogP contribution in [0.4, 0.5) is 16.4 Å². The van der Waals surface area contributed by atoms with Crippen molar-refractivity contribution in [1.82, 2.24) is 20.2 Å². The highest BCUT2D eigenvalue weighted by molar-refractivity contribution is 5.88. The van der Waals surface area contributed by atoms with Crippen LogP contribution in [0, 0.1) is 17.0 Å². The predicted molar refractivity (Wildman–Crippen MR) is 98.0 cm³/mol. The van der Waals surface area contributed by atoms with Crippen LogP contribution >= 0.6 is 0 Å². The number of urea groups is 1. The normalized spacial score (nSPS) is 16.7. The number of amides is 2. The quantitative estimate of drug-likeness (QED) is 0.623. The molecule has 2 aromatic rings. The van der Waals surface area contributed by atoms with Gasteiger partial charge in [0.05, 0.1) is 0 Å². The fraction of sp³-hybridized carbons (Fsp3) is 0.353. The molecule has 142 valence electrons. The summed E-state index contributed by atoms with van der Waals surface area (Å²) < 4.78 is 5.73. The Bertz CT molecular complexity index is 859. The molecule has 27 heavy (non-hydrogen) atoms. The first-order valence-corrected chi connectivity index (χ1v) is 8.48. The molecule has 0 bridgehead atoms. The Kier molecular flexibility index (Phi) is 5.46. The predicted octanol–water partition coefficient (Wildman–Crippen LogP) is 2.31. The molecule has 0 aromatic carbocycles. The van der Waals surface area contributed by atoms with Gasteiger partial charge in [-0.05, 0) is 29.0 Å². The molecule has 3 rings (SSSR count). The smallest absolute Gasteiger partial charge is 0.363 e. The summed E-state index contributed by atoms with van der Waals surface area (Å²) in [4.78, 5) is 32.4. The Morgan fingerprint density at radius 1 is 1.44 bits per heavy atom. The average molecular weight is 372 g/mol. The fourth-order valence-corrected chi connectivity index (χ4v) is 2.74. The second kappa shape index (κ2) is 7.96. The first-order valence-electron chi connectivity index (χ1n) is 8.48. The van der Waals surface area contributed by atoms with Gasteiger partial charge in [0, 0.05) is 50.9 Å². The van der Waals surface area contributed by atoms with Crippen LogP contribution in [0.25, 0.3) is 0 Å². The van der Waals surface area contributed by atoms with E-state index in [1.165, 1.54) is 18.3 Å². The number of nitrogens with zero attached hydrogens (tertiary/aromatic N) is 4. The summed E-state index contributed by atoms with van der Waals surface area (Å²) in [5.74, 6) is 0.940. The summed E-state index contributed by atoms with van der Waals surface area (Å²) in [5.41, 5.74) is 0.390. The van der Waals surface area contributed by atoms with Crippen LogP contribution in [0.2, 0.25) is 0 Å². The lowest BCUT2D eigenvalue weighted by atomic mass is 10.2. The molecule has 1 saturated heterocycles. The van der Waals surface area contributed by atoms with Crippen LogP contribution in [0.5, 0.6) is 11.5 Å². The number of rotatable bonds is 4. The van der Waals surface area contributed by atoms with Crippen LogP contribution in [0.15, 0.2) is 30.5 Å². The molecule has 10 nitrogen and oxygen atoms in total. The average Bonchev–Trinajstić information content (AvgIpc) is 2.64. The highest BCUT2D eigenvalue weighted by atomic mass is 16.6. The molecule has 1 unspecified atom stereocenters. The highest BCUT2D eigenvalue weighted by Gasteiger charge is 2.23. The summed E-state index contributed by atoms with van der Waals surface area (Å²) in [6, 6.07) is 5.85. The monoisotopic (exact) mass is 372 g/mol. The van der Waals surface area contributed by atoms with E-state index in [1.54, 1.807) is 24.0 Å². The van der Waals surface area contributed by atoms with Gasteiger partial charge >= 0.3 is 11.8 Å². The number of aryl methyl sites for hydroxylation is 1. The first-order chi connectivity index (χ1) is 12.9. The highest BCUT2D eigenvalue weighted by Crippen LogP contribution is 2.26. The molecule has 3 heterocycles. The number of aromatic nitrogens is 2. The molecule has 0 radical (unpaired) electrons. The zero-order valence-corrected chi connectivity index (χ0v) is 15.0. The third-order valence-electron chi connectivity index (χ3n) is 4.17. The molecule has 10 heteroatoms. The van der Waals surface area contributed by atoms with Crippen molar-refractivity contribution < 1.29 is 14.5 Å². The number of hydrogen-bond donors (Lipinski definition) is 2. The van der Waals surface area contributed by atoms with E-state index in [0.29, 0.717) is 29.6 Å². The van der Waals surface area contributed by atoms with Gasteiger partial charge in [0.15, 0.2) is 11.4 Å². The molecule has 0 saturated carbocycles. The minimum Gasteiger partial charge on any atom is -0.453 e. The van der Waals surface area contributed by atoms with E-state index in [9.17, 15) is 14.9 Å². The maximum absolute atomic E-state index is 12.4. The van der Waals surface area contributed by atoms with E-state index in [1.807, 2.05) is 6.92 Å². The van der Waals surface area contributed by atoms with E-state index < -0.39 is 4.92 Å². The lowest BCUT2D eigenvalue weighted by Gasteiger charge is -2.33. The molecule has 1 aliphatic rings.